The molecule has 3 nitrogen and oxygen atoms in total. The Bertz CT molecular complexity index is 781. The molecule has 0 saturated carbocycles. The minimum absolute atomic E-state index is 0.156. The molecule has 2 aromatic rings. The first-order valence-corrected chi connectivity index (χ1v) is 10.2. The Labute approximate surface area is 161 Å². The molecule has 2 aromatic carbocycles. The fraction of sp³-hybridized carbons (Fsp3) is 0.350. The lowest BCUT2D eigenvalue weighted by Crippen LogP contribution is -2.40. The van der Waals surface area contributed by atoms with Gasteiger partial charge in [-0.15, -0.1) is 11.8 Å². The van der Waals surface area contributed by atoms with Gasteiger partial charge in [0, 0.05) is 16.3 Å². The smallest absolute Gasteiger partial charge is 0.238 e. The summed E-state index contributed by atoms with van der Waals surface area (Å²) in [5, 5.41) is 0. The Morgan fingerprint density at radius 2 is 2.00 bits per heavy atom. The summed E-state index contributed by atoms with van der Waals surface area (Å²) in [6.45, 7) is 4.22. The first-order chi connectivity index (χ1) is 12.0. The first kappa shape index (κ1) is 18.3. The lowest BCUT2D eigenvalue weighted by atomic mass is 9.85. The molecule has 1 amide bonds. The number of nitrogens with zero attached hydrogens (tertiary/aromatic N) is 1. The highest BCUT2D eigenvalue weighted by Gasteiger charge is 2.40. The number of halogens is 1. The number of carbonyl (C=O) groups is 1. The second-order valence-electron chi connectivity index (χ2n) is 6.53. The fourth-order valence-electron chi connectivity index (χ4n) is 3.21. The standard InChI is InChI=1S/C20H22BrNO2S/c1-4-10-20(2)13-25-18-12-17(24-3)15(21)11-16(18)22(19(20)23)14-8-6-5-7-9-14/h5-9,11-12H,4,10,13H2,1-3H3. The van der Waals surface area contributed by atoms with Crippen LogP contribution in [0.4, 0.5) is 11.4 Å². The average molecular weight is 420 g/mol. The molecule has 132 valence electrons. The highest BCUT2D eigenvalue weighted by Crippen LogP contribution is 2.48. The predicted octanol–water partition coefficient (Wildman–Crippen LogP) is 6.03. The Hall–Kier alpha value is -1.46. The van der Waals surface area contributed by atoms with E-state index in [1.807, 2.05) is 47.4 Å². The van der Waals surface area contributed by atoms with Crippen LogP contribution in [0.1, 0.15) is 26.7 Å². The lowest BCUT2D eigenvalue weighted by Gasteiger charge is -2.32. The van der Waals surface area contributed by atoms with Crippen LogP contribution in [0.2, 0.25) is 0 Å². The van der Waals surface area contributed by atoms with Gasteiger partial charge in [0.15, 0.2) is 0 Å². The van der Waals surface area contributed by atoms with E-state index in [1.165, 1.54) is 0 Å². The molecule has 0 N–H and O–H groups in total. The zero-order valence-corrected chi connectivity index (χ0v) is 17.1. The maximum atomic E-state index is 13.6. The van der Waals surface area contributed by atoms with Crippen molar-refractivity contribution >= 4 is 45.0 Å². The summed E-state index contributed by atoms with van der Waals surface area (Å²) in [4.78, 5) is 16.5. The maximum absolute atomic E-state index is 13.6. The molecule has 0 saturated heterocycles. The third-order valence-electron chi connectivity index (χ3n) is 4.56. The summed E-state index contributed by atoms with van der Waals surface area (Å²) < 4.78 is 6.30. The minimum atomic E-state index is -0.395. The van der Waals surface area contributed by atoms with Crippen LogP contribution in [0.3, 0.4) is 0 Å². The molecule has 1 heterocycles. The van der Waals surface area contributed by atoms with Gasteiger partial charge >= 0.3 is 0 Å². The van der Waals surface area contributed by atoms with E-state index in [1.54, 1.807) is 18.9 Å². The van der Waals surface area contributed by atoms with Crippen molar-refractivity contribution in [2.75, 3.05) is 17.8 Å². The normalized spacial score (nSPS) is 20.2. The summed E-state index contributed by atoms with van der Waals surface area (Å²) in [6, 6.07) is 13.9. The molecule has 1 unspecified atom stereocenters. The molecule has 0 aromatic heterocycles. The van der Waals surface area contributed by atoms with E-state index >= 15 is 0 Å². The van der Waals surface area contributed by atoms with Crippen molar-refractivity contribution in [3.63, 3.8) is 0 Å². The molecule has 3 rings (SSSR count). The van der Waals surface area contributed by atoms with Gasteiger partial charge in [-0.3, -0.25) is 9.69 Å². The number of hydrogen-bond donors (Lipinski definition) is 0. The number of amides is 1. The molecule has 1 aliphatic rings. The van der Waals surface area contributed by atoms with Crippen molar-refractivity contribution in [1.29, 1.82) is 0 Å². The molecule has 0 bridgehead atoms. The van der Waals surface area contributed by atoms with Gasteiger partial charge in [0.25, 0.3) is 0 Å². The van der Waals surface area contributed by atoms with Gasteiger partial charge in [-0.2, -0.15) is 0 Å². The second kappa shape index (κ2) is 7.42. The number of rotatable bonds is 4. The van der Waals surface area contributed by atoms with Crippen LogP contribution in [0, 0.1) is 5.41 Å². The zero-order valence-electron chi connectivity index (χ0n) is 14.7. The van der Waals surface area contributed by atoms with Crippen molar-refractivity contribution in [1.82, 2.24) is 0 Å². The molecular weight excluding hydrogens is 398 g/mol. The number of carbonyl (C=O) groups excluding carboxylic acids is 1. The van der Waals surface area contributed by atoms with Crippen LogP contribution in [-0.2, 0) is 4.79 Å². The Morgan fingerprint density at radius 1 is 1.28 bits per heavy atom. The van der Waals surface area contributed by atoms with Crippen molar-refractivity contribution in [3.8, 4) is 5.75 Å². The Morgan fingerprint density at radius 3 is 2.64 bits per heavy atom. The maximum Gasteiger partial charge on any atom is 0.238 e. The van der Waals surface area contributed by atoms with E-state index < -0.39 is 5.41 Å². The van der Waals surface area contributed by atoms with E-state index in [9.17, 15) is 4.79 Å². The van der Waals surface area contributed by atoms with Crippen molar-refractivity contribution < 1.29 is 9.53 Å². The second-order valence-corrected chi connectivity index (χ2v) is 8.40. The summed E-state index contributed by atoms with van der Waals surface area (Å²) in [5.41, 5.74) is 1.41. The van der Waals surface area contributed by atoms with E-state index in [-0.39, 0.29) is 5.91 Å². The molecule has 0 radical (unpaired) electrons. The van der Waals surface area contributed by atoms with Gasteiger partial charge in [0.1, 0.15) is 5.75 Å². The van der Waals surface area contributed by atoms with Crippen LogP contribution in [0.25, 0.3) is 0 Å². The topological polar surface area (TPSA) is 29.5 Å². The van der Waals surface area contributed by atoms with Gasteiger partial charge in [-0.1, -0.05) is 31.5 Å². The van der Waals surface area contributed by atoms with E-state index in [4.69, 9.17) is 4.74 Å². The van der Waals surface area contributed by atoms with Gasteiger partial charge in [0.05, 0.1) is 22.7 Å². The largest absolute Gasteiger partial charge is 0.496 e. The number of methoxy groups -OCH3 is 1. The average Bonchev–Trinajstić information content (AvgIpc) is 2.71. The minimum Gasteiger partial charge on any atom is -0.496 e. The monoisotopic (exact) mass is 419 g/mol. The fourth-order valence-corrected chi connectivity index (χ4v) is 4.94. The lowest BCUT2D eigenvalue weighted by molar-refractivity contribution is -0.125. The summed E-state index contributed by atoms with van der Waals surface area (Å²) in [6.07, 6.45) is 1.85. The van der Waals surface area contributed by atoms with Crippen molar-refractivity contribution in [3.05, 3.63) is 46.9 Å². The van der Waals surface area contributed by atoms with Crippen LogP contribution >= 0.6 is 27.7 Å². The van der Waals surface area contributed by atoms with Crippen LogP contribution in [0.15, 0.2) is 51.8 Å². The highest BCUT2D eigenvalue weighted by molar-refractivity contribution is 9.10. The van der Waals surface area contributed by atoms with Crippen molar-refractivity contribution in [2.45, 2.75) is 31.6 Å². The van der Waals surface area contributed by atoms with Gasteiger partial charge in [-0.05, 0) is 53.5 Å². The zero-order chi connectivity index (χ0) is 18.0. The van der Waals surface area contributed by atoms with Crippen LogP contribution in [-0.4, -0.2) is 18.8 Å². The van der Waals surface area contributed by atoms with E-state index in [2.05, 4.69) is 29.8 Å². The molecular formula is C20H22BrNO2S. The molecule has 0 fully saturated rings. The highest BCUT2D eigenvalue weighted by atomic mass is 79.9. The number of para-hydroxylation sites is 1. The summed E-state index contributed by atoms with van der Waals surface area (Å²) in [5.74, 6) is 1.70. The van der Waals surface area contributed by atoms with Gasteiger partial charge in [0.2, 0.25) is 5.91 Å². The van der Waals surface area contributed by atoms with E-state index in [0.29, 0.717) is 0 Å². The molecule has 1 atom stereocenters. The van der Waals surface area contributed by atoms with Gasteiger partial charge in [-0.25, -0.2) is 0 Å². The Balaban J connectivity index is 2.20. The van der Waals surface area contributed by atoms with Gasteiger partial charge < -0.3 is 4.74 Å². The van der Waals surface area contributed by atoms with E-state index in [0.717, 1.165) is 45.1 Å². The molecule has 1 aliphatic heterocycles. The number of hydrogen-bond acceptors (Lipinski definition) is 3. The third-order valence-corrected chi connectivity index (χ3v) is 6.60. The summed E-state index contributed by atoms with van der Waals surface area (Å²) in [7, 11) is 1.66. The number of benzene rings is 2. The summed E-state index contributed by atoms with van der Waals surface area (Å²) >= 11 is 5.30. The number of thioether (sulfide) groups is 1. The SMILES string of the molecule is CCCC1(C)CSc2cc(OC)c(Br)cc2N(c2ccccc2)C1=O. The molecule has 5 heteroatoms. The molecule has 25 heavy (non-hydrogen) atoms. The van der Waals surface area contributed by atoms with Crippen LogP contribution in [0.5, 0.6) is 5.75 Å². The third kappa shape index (κ3) is 3.44. The van der Waals surface area contributed by atoms with Crippen LogP contribution < -0.4 is 9.64 Å². The Kier molecular flexibility index (Phi) is 5.44. The first-order valence-electron chi connectivity index (χ1n) is 8.40. The predicted molar refractivity (Wildman–Crippen MR) is 108 cm³/mol. The quantitative estimate of drug-likeness (QED) is 0.605. The molecule has 0 aliphatic carbocycles. The number of ether oxygens (including phenoxy) is 1. The van der Waals surface area contributed by atoms with Crippen molar-refractivity contribution in [2.24, 2.45) is 5.41 Å². The molecule has 0 spiro atoms. The number of anilines is 2. The number of fused-ring (bicyclic) bond motifs is 1.